The summed E-state index contributed by atoms with van der Waals surface area (Å²) in [6, 6.07) is 13.0. The molecule has 0 atom stereocenters. The van der Waals surface area contributed by atoms with Gasteiger partial charge in [-0.15, -0.1) is 0 Å². The number of hydrogen-bond acceptors (Lipinski definition) is 4. The van der Waals surface area contributed by atoms with Crippen molar-refractivity contribution in [2.75, 3.05) is 37.7 Å². The first-order valence-corrected chi connectivity index (χ1v) is 8.55. The lowest BCUT2D eigenvalue weighted by Gasteiger charge is -2.36. The molecule has 3 rings (SSSR count). The highest BCUT2D eigenvalue weighted by Gasteiger charge is 2.21. The second-order valence-corrected chi connectivity index (χ2v) is 6.42. The normalized spacial score (nSPS) is 14.5. The minimum Gasteiger partial charge on any atom is -0.508 e. The van der Waals surface area contributed by atoms with Crippen LogP contribution in [0.15, 0.2) is 42.5 Å². The Bertz CT molecular complexity index is 735. The molecule has 1 aliphatic rings. The van der Waals surface area contributed by atoms with Crippen molar-refractivity contribution in [1.82, 2.24) is 4.90 Å². The van der Waals surface area contributed by atoms with Crippen LogP contribution in [0, 0.1) is 13.8 Å². The van der Waals surface area contributed by atoms with E-state index in [2.05, 4.69) is 11.8 Å². The fourth-order valence-corrected chi connectivity index (χ4v) is 2.92. The molecule has 0 bridgehead atoms. The predicted molar refractivity (Wildman–Crippen MR) is 98.3 cm³/mol. The van der Waals surface area contributed by atoms with Crippen LogP contribution in [0.4, 0.5) is 5.69 Å². The van der Waals surface area contributed by atoms with Gasteiger partial charge in [0, 0.05) is 31.9 Å². The van der Waals surface area contributed by atoms with Crippen LogP contribution in [-0.4, -0.2) is 48.7 Å². The number of phenols is 1. The van der Waals surface area contributed by atoms with Crippen LogP contribution < -0.4 is 9.64 Å². The van der Waals surface area contributed by atoms with Gasteiger partial charge in [-0.3, -0.25) is 4.79 Å². The van der Waals surface area contributed by atoms with Gasteiger partial charge in [-0.1, -0.05) is 6.07 Å². The Kier molecular flexibility index (Phi) is 5.12. The average molecular weight is 340 g/mol. The monoisotopic (exact) mass is 340 g/mol. The first-order chi connectivity index (χ1) is 12.0. The Hall–Kier alpha value is -2.69. The van der Waals surface area contributed by atoms with Gasteiger partial charge in [-0.2, -0.15) is 0 Å². The molecule has 2 aromatic rings. The van der Waals surface area contributed by atoms with Gasteiger partial charge in [0.05, 0.1) is 0 Å². The summed E-state index contributed by atoms with van der Waals surface area (Å²) in [4.78, 5) is 16.4. The van der Waals surface area contributed by atoms with E-state index in [1.54, 1.807) is 12.1 Å². The van der Waals surface area contributed by atoms with Crippen LogP contribution in [-0.2, 0) is 4.79 Å². The number of ether oxygens (including phenoxy) is 1. The zero-order chi connectivity index (χ0) is 17.8. The highest BCUT2D eigenvalue weighted by molar-refractivity contribution is 5.78. The quantitative estimate of drug-likeness (QED) is 0.930. The number of phenolic OH excluding ortho intramolecular Hbond substituents is 1. The predicted octanol–water partition coefficient (Wildman–Crippen LogP) is 2.74. The average Bonchev–Trinajstić information content (AvgIpc) is 2.63. The van der Waals surface area contributed by atoms with Crippen molar-refractivity contribution in [2.45, 2.75) is 13.8 Å². The summed E-state index contributed by atoms with van der Waals surface area (Å²) in [5.41, 5.74) is 3.44. The van der Waals surface area contributed by atoms with Gasteiger partial charge >= 0.3 is 0 Å². The van der Waals surface area contributed by atoms with E-state index in [0.29, 0.717) is 13.1 Å². The van der Waals surface area contributed by atoms with Crippen molar-refractivity contribution in [3.8, 4) is 11.5 Å². The molecule has 5 heteroatoms. The molecule has 1 fully saturated rings. The summed E-state index contributed by atoms with van der Waals surface area (Å²) in [6.07, 6.45) is 0. The Morgan fingerprint density at radius 2 is 1.68 bits per heavy atom. The number of nitrogens with zero attached hydrogens (tertiary/aromatic N) is 2. The van der Waals surface area contributed by atoms with E-state index in [4.69, 9.17) is 4.74 Å². The van der Waals surface area contributed by atoms with Crippen LogP contribution >= 0.6 is 0 Å². The van der Waals surface area contributed by atoms with E-state index in [1.807, 2.05) is 42.2 Å². The number of anilines is 1. The molecule has 0 unspecified atom stereocenters. The Morgan fingerprint density at radius 1 is 1.00 bits per heavy atom. The van der Waals surface area contributed by atoms with Crippen molar-refractivity contribution in [2.24, 2.45) is 0 Å². The molecular formula is C20H24N2O3. The summed E-state index contributed by atoms with van der Waals surface area (Å²) in [5, 5.41) is 9.37. The lowest BCUT2D eigenvalue weighted by molar-refractivity contribution is -0.133. The summed E-state index contributed by atoms with van der Waals surface area (Å²) in [7, 11) is 0. The molecule has 0 saturated carbocycles. The maximum atomic E-state index is 12.4. The lowest BCUT2D eigenvalue weighted by Crippen LogP contribution is -2.50. The van der Waals surface area contributed by atoms with Crippen molar-refractivity contribution < 1.29 is 14.6 Å². The molecule has 1 saturated heterocycles. The smallest absolute Gasteiger partial charge is 0.260 e. The molecule has 0 radical (unpaired) electrons. The Labute approximate surface area is 148 Å². The minimum absolute atomic E-state index is 0.0172. The van der Waals surface area contributed by atoms with E-state index >= 15 is 0 Å². The van der Waals surface area contributed by atoms with E-state index < -0.39 is 0 Å². The van der Waals surface area contributed by atoms with Crippen molar-refractivity contribution in [1.29, 1.82) is 0 Å². The number of aromatic hydroxyl groups is 1. The molecule has 25 heavy (non-hydrogen) atoms. The molecular weight excluding hydrogens is 316 g/mol. The van der Waals surface area contributed by atoms with Gasteiger partial charge in [-0.05, 0) is 61.4 Å². The fourth-order valence-electron chi connectivity index (χ4n) is 2.92. The maximum Gasteiger partial charge on any atom is 0.260 e. The molecule has 1 aliphatic heterocycles. The van der Waals surface area contributed by atoms with Gasteiger partial charge in [0.15, 0.2) is 6.61 Å². The highest BCUT2D eigenvalue weighted by Crippen LogP contribution is 2.20. The topological polar surface area (TPSA) is 53.0 Å². The molecule has 1 heterocycles. The molecule has 0 aliphatic carbocycles. The van der Waals surface area contributed by atoms with Crippen molar-refractivity contribution in [3.63, 3.8) is 0 Å². The molecule has 1 N–H and O–H groups in total. The minimum atomic E-state index is 0.0172. The molecule has 0 spiro atoms. The second-order valence-electron chi connectivity index (χ2n) is 6.42. The zero-order valence-electron chi connectivity index (χ0n) is 14.7. The second kappa shape index (κ2) is 7.47. The molecule has 2 aromatic carbocycles. The van der Waals surface area contributed by atoms with Crippen molar-refractivity contribution >= 4 is 11.6 Å². The van der Waals surface area contributed by atoms with E-state index in [0.717, 1.165) is 30.1 Å². The number of rotatable bonds is 4. The van der Waals surface area contributed by atoms with Gasteiger partial charge in [-0.25, -0.2) is 0 Å². The number of hydrogen-bond donors (Lipinski definition) is 1. The molecule has 132 valence electrons. The number of carbonyl (C=O) groups excluding carboxylic acids is 1. The number of amides is 1. The van der Waals surface area contributed by atoms with Gasteiger partial charge < -0.3 is 19.6 Å². The summed E-state index contributed by atoms with van der Waals surface area (Å²) in [5.74, 6) is 1.02. The SMILES string of the molecule is Cc1ccc(OCC(=O)N2CCN(c3ccc(O)cc3)CC2)cc1C. The highest BCUT2D eigenvalue weighted by atomic mass is 16.5. The number of piperazine rings is 1. The van der Waals surface area contributed by atoms with Crippen LogP contribution in [0.3, 0.4) is 0 Å². The third-order valence-corrected chi connectivity index (χ3v) is 4.69. The van der Waals surface area contributed by atoms with Crippen LogP contribution in [0.25, 0.3) is 0 Å². The van der Waals surface area contributed by atoms with Gasteiger partial charge in [0.25, 0.3) is 5.91 Å². The summed E-state index contributed by atoms with van der Waals surface area (Å²) < 4.78 is 5.65. The Balaban J connectivity index is 1.49. The summed E-state index contributed by atoms with van der Waals surface area (Å²) >= 11 is 0. The van der Waals surface area contributed by atoms with Crippen molar-refractivity contribution in [3.05, 3.63) is 53.6 Å². The number of carbonyl (C=O) groups is 1. The Morgan fingerprint density at radius 3 is 2.32 bits per heavy atom. The fraction of sp³-hybridized carbons (Fsp3) is 0.350. The molecule has 0 aromatic heterocycles. The zero-order valence-corrected chi connectivity index (χ0v) is 14.7. The van der Waals surface area contributed by atoms with Crippen LogP contribution in [0.1, 0.15) is 11.1 Å². The largest absolute Gasteiger partial charge is 0.508 e. The van der Waals surface area contributed by atoms with E-state index in [9.17, 15) is 9.90 Å². The third-order valence-electron chi connectivity index (χ3n) is 4.69. The van der Waals surface area contributed by atoms with Gasteiger partial charge in [0.2, 0.25) is 0 Å². The van der Waals surface area contributed by atoms with Crippen LogP contribution in [0.5, 0.6) is 11.5 Å². The molecule has 1 amide bonds. The summed E-state index contributed by atoms with van der Waals surface area (Å²) in [6.45, 7) is 7.07. The maximum absolute atomic E-state index is 12.4. The first kappa shape index (κ1) is 17.1. The van der Waals surface area contributed by atoms with E-state index in [-0.39, 0.29) is 18.3 Å². The lowest BCUT2D eigenvalue weighted by atomic mass is 10.1. The number of benzene rings is 2. The third kappa shape index (κ3) is 4.24. The van der Waals surface area contributed by atoms with Crippen LogP contribution in [0.2, 0.25) is 0 Å². The number of aryl methyl sites for hydroxylation is 2. The standard InChI is InChI=1S/C20H24N2O3/c1-15-3-8-19(13-16(15)2)25-14-20(24)22-11-9-21(10-12-22)17-4-6-18(23)7-5-17/h3-8,13,23H,9-12,14H2,1-2H3. The first-order valence-electron chi connectivity index (χ1n) is 8.55. The molecule has 5 nitrogen and oxygen atoms in total. The van der Waals surface area contributed by atoms with Gasteiger partial charge in [0.1, 0.15) is 11.5 Å². The van der Waals surface area contributed by atoms with E-state index in [1.165, 1.54) is 5.56 Å².